The third-order valence-electron chi connectivity index (χ3n) is 3.03. The number of anilines is 1. The number of halogens is 3. The molecule has 104 valence electrons. The van der Waals surface area contributed by atoms with E-state index in [0.717, 1.165) is 6.20 Å². The van der Waals surface area contributed by atoms with E-state index < -0.39 is 11.7 Å². The second-order valence-corrected chi connectivity index (χ2v) is 5.00. The van der Waals surface area contributed by atoms with Gasteiger partial charge in [-0.3, -0.25) is 0 Å². The molecule has 0 saturated carbocycles. The molecule has 0 radical (unpaired) electrons. The molecule has 2 rings (SSSR count). The van der Waals surface area contributed by atoms with Crippen LogP contribution in [-0.2, 0) is 6.18 Å². The lowest BCUT2D eigenvalue weighted by Gasteiger charge is -2.13. The van der Waals surface area contributed by atoms with Crippen molar-refractivity contribution in [2.45, 2.75) is 26.1 Å². The van der Waals surface area contributed by atoms with E-state index >= 15 is 0 Å². The van der Waals surface area contributed by atoms with Gasteiger partial charge >= 0.3 is 6.18 Å². The van der Waals surface area contributed by atoms with Crippen LogP contribution in [0.25, 0.3) is 11.0 Å². The van der Waals surface area contributed by atoms with E-state index in [0.29, 0.717) is 11.3 Å². The number of hydrogen-bond acceptors (Lipinski definition) is 2. The van der Waals surface area contributed by atoms with Crippen molar-refractivity contribution in [1.82, 2.24) is 9.55 Å². The van der Waals surface area contributed by atoms with Crippen molar-refractivity contribution >= 4 is 16.7 Å². The van der Waals surface area contributed by atoms with Crippen molar-refractivity contribution in [3.8, 4) is 0 Å². The third kappa shape index (κ3) is 2.39. The standard InChI is InChI=1S/C13H16F3N3/c1-8(2)19-7-11(13(14,15)16)10-5-9(18(3)4)6-17-12(10)19/h5-8H,1-4H3. The molecule has 0 amide bonds. The smallest absolute Gasteiger partial charge is 0.376 e. The molecule has 0 N–H and O–H groups in total. The van der Waals surface area contributed by atoms with Crippen molar-refractivity contribution in [3.63, 3.8) is 0 Å². The Hall–Kier alpha value is -1.72. The fourth-order valence-electron chi connectivity index (χ4n) is 1.98. The van der Waals surface area contributed by atoms with Crippen molar-refractivity contribution in [1.29, 1.82) is 0 Å². The number of fused-ring (bicyclic) bond motifs is 1. The van der Waals surface area contributed by atoms with E-state index in [1.165, 1.54) is 6.07 Å². The molecular weight excluding hydrogens is 255 g/mol. The summed E-state index contributed by atoms with van der Waals surface area (Å²) in [6.07, 6.45) is -1.64. The average molecular weight is 271 g/mol. The van der Waals surface area contributed by atoms with E-state index in [1.54, 1.807) is 29.8 Å². The van der Waals surface area contributed by atoms with Gasteiger partial charge in [-0.15, -0.1) is 0 Å². The lowest BCUT2D eigenvalue weighted by molar-refractivity contribution is -0.136. The Kier molecular flexibility index (Phi) is 3.20. The van der Waals surface area contributed by atoms with Crippen molar-refractivity contribution in [2.75, 3.05) is 19.0 Å². The van der Waals surface area contributed by atoms with Crippen LogP contribution in [0.3, 0.4) is 0 Å². The minimum absolute atomic E-state index is 0.0729. The molecule has 0 spiro atoms. The first-order valence-electron chi connectivity index (χ1n) is 5.97. The monoisotopic (exact) mass is 271 g/mol. The largest absolute Gasteiger partial charge is 0.418 e. The highest BCUT2D eigenvalue weighted by atomic mass is 19.4. The van der Waals surface area contributed by atoms with Crippen LogP contribution in [0.15, 0.2) is 18.5 Å². The minimum Gasteiger partial charge on any atom is -0.376 e. The van der Waals surface area contributed by atoms with E-state index in [1.807, 2.05) is 13.8 Å². The van der Waals surface area contributed by atoms with Crippen LogP contribution in [0.1, 0.15) is 25.5 Å². The van der Waals surface area contributed by atoms with E-state index in [-0.39, 0.29) is 11.4 Å². The number of pyridine rings is 1. The molecule has 0 bridgehead atoms. The molecule has 3 nitrogen and oxygen atoms in total. The zero-order valence-electron chi connectivity index (χ0n) is 11.3. The first-order chi connectivity index (χ1) is 8.71. The van der Waals surface area contributed by atoms with Crippen molar-refractivity contribution < 1.29 is 13.2 Å². The lowest BCUT2D eigenvalue weighted by Crippen LogP contribution is -2.09. The summed E-state index contributed by atoms with van der Waals surface area (Å²) in [6.45, 7) is 3.67. The Morgan fingerprint density at radius 2 is 1.89 bits per heavy atom. The number of nitrogens with zero attached hydrogens (tertiary/aromatic N) is 3. The molecule has 2 aromatic heterocycles. The molecule has 6 heteroatoms. The highest BCUT2D eigenvalue weighted by molar-refractivity contribution is 5.84. The minimum atomic E-state index is -4.37. The molecule has 0 unspecified atom stereocenters. The summed E-state index contributed by atoms with van der Waals surface area (Å²) in [5.41, 5.74) is 0.389. The zero-order valence-corrected chi connectivity index (χ0v) is 11.3. The second kappa shape index (κ2) is 4.43. The number of rotatable bonds is 2. The van der Waals surface area contributed by atoms with Gasteiger partial charge in [-0.05, 0) is 19.9 Å². The summed E-state index contributed by atoms with van der Waals surface area (Å²) in [4.78, 5) is 5.91. The summed E-state index contributed by atoms with van der Waals surface area (Å²) < 4.78 is 40.8. The van der Waals surface area contributed by atoms with Crippen molar-refractivity contribution in [2.24, 2.45) is 0 Å². The Morgan fingerprint density at radius 1 is 1.26 bits per heavy atom. The first kappa shape index (κ1) is 13.7. The van der Waals surface area contributed by atoms with Gasteiger partial charge in [0, 0.05) is 31.7 Å². The van der Waals surface area contributed by atoms with Gasteiger partial charge in [0.15, 0.2) is 0 Å². The lowest BCUT2D eigenvalue weighted by atomic mass is 10.2. The van der Waals surface area contributed by atoms with Crippen LogP contribution in [0.5, 0.6) is 0 Å². The van der Waals surface area contributed by atoms with Gasteiger partial charge in [0.25, 0.3) is 0 Å². The molecule has 0 saturated heterocycles. The van der Waals surface area contributed by atoms with E-state index in [2.05, 4.69) is 4.98 Å². The van der Waals surface area contributed by atoms with E-state index in [4.69, 9.17) is 0 Å². The highest BCUT2D eigenvalue weighted by Crippen LogP contribution is 2.37. The predicted octanol–water partition coefficient (Wildman–Crippen LogP) is 3.70. The van der Waals surface area contributed by atoms with Gasteiger partial charge in [0.2, 0.25) is 0 Å². The normalized spacial score (nSPS) is 12.4. The Bertz CT molecular complexity index is 597. The number of alkyl halides is 3. The molecule has 0 aromatic carbocycles. The Morgan fingerprint density at radius 3 is 2.37 bits per heavy atom. The topological polar surface area (TPSA) is 21.1 Å². The maximum absolute atomic E-state index is 13.1. The molecule has 0 fully saturated rings. The summed E-state index contributed by atoms with van der Waals surface area (Å²) in [7, 11) is 3.55. The molecular formula is C13H16F3N3. The van der Waals surface area contributed by atoms with Crippen LogP contribution in [0.4, 0.5) is 18.9 Å². The molecule has 2 heterocycles. The van der Waals surface area contributed by atoms with Gasteiger partial charge in [-0.2, -0.15) is 13.2 Å². The third-order valence-corrected chi connectivity index (χ3v) is 3.03. The SMILES string of the molecule is CC(C)n1cc(C(F)(F)F)c2cc(N(C)C)cnc21. The molecule has 0 aliphatic rings. The molecule has 0 aliphatic heterocycles. The summed E-state index contributed by atoms with van der Waals surface area (Å²) >= 11 is 0. The molecule has 2 aromatic rings. The fraction of sp³-hybridized carbons (Fsp3) is 0.462. The van der Waals surface area contributed by atoms with Crippen LogP contribution in [0, 0.1) is 0 Å². The summed E-state index contributed by atoms with van der Waals surface area (Å²) in [5.74, 6) is 0. The van der Waals surface area contributed by atoms with Gasteiger partial charge in [-0.1, -0.05) is 0 Å². The first-order valence-corrected chi connectivity index (χ1v) is 5.97. The molecule has 19 heavy (non-hydrogen) atoms. The van der Waals surface area contributed by atoms with E-state index in [9.17, 15) is 13.2 Å². The maximum Gasteiger partial charge on any atom is 0.418 e. The summed E-state index contributed by atoms with van der Waals surface area (Å²) in [5, 5.41) is 0.146. The zero-order chi connectivity index (χ0) is 14.4. The molecule has 0 atom stereocenters. The number of hydrogen-bond donors (Lipinski definition) is 0. The quantitative estimate of drug-likeness (QED) is 0.830. The Labute approximate surface area is 109 Å². The highest BCUT2D eigenvalue weighted by Gasteiger charge is 2.35. The predicted molar refractivity (Wildman–Crippen MR) is 69.4 cm³/mol. The van der Waals surface area contributed by atoms with Crippen LogP contribution in [0.2, 0.25) is 0 Å². The Balaban J connectivity index is 2.76. The van der Waals surface area contributed by atoms with Crippen LogP contribution >= 0.6 is 0 Å². The van der Waals surface area contributed by atoms with Crippen LogP contribution in [-0.4, -0.2) is 23.6 Å². The van der Waals surface area contributed by atoms with Gasteiger partial charge < -0.3 is 9.47 Å². The molecule has 0 aliphatic carbocycles. The van der Waals surface area contributed by atoms with Gasteiger partial charge in [-0.25, -0.2) is 4.98 Å². The number of aromatic nitrogens is 2. The maximum atomic E-state index is 13.1. The average Bonchev–Trinajstić information content (AvgIpc) is 2.66. The summed E-state index contributed by atoms with van der Waals surface area (Å²) in [6, 6.07) is 1.46. The van der Waals surface area contributed by atoms with Crippen LogP contribution < -0.4 is 4.90 Å². The van der Waals surface area contributed by atoms with Gasteiger partial charge in [0.05, 0.1) is 17.4 Å². The van der Waals surface area contributed by atoms with Crippen molar-refractivity contribution in [3.05, 3.63) is 24.0 Å². The second-order valence-electron chi connectivity index (χ2n) is 5.00. The van der Waals surface area contributed by atoms with Gasteiger partial charge in [0.1, 0.15) is 5.65 Å². The fourth-order valence-corrected chi connectivity index (χ4v) is 1.98.